The van der Waals surface area contributed by atoms with E-state index < -0.39 is 0 Å². The zero-order chi connectivity index (χ0) is 8.53. The number of hydrogen-bond donors (Lipinski definition) is 1. The molecule has 0 aromatic rings. The van der Waals surface area contributed by atoms with Gasteiger partial charge in [0.2, 0.25) is 0 Å². The van der Waals surface area contributed by atoms with E-state index in [1.807, 2.05) is 13.8 Å². The van der Waals surface area contributed by atoms with Gasteiger partial charge in [0.25, 0.3) is 0 Å². The number of nitrogens with one attached hydrogen (secondary N) is 1. The Labute approximate surface area is 69.3 Å². The minimum atomic E-state index is 0.177. The average Bonchev–Trinajstić information content (AvgIpc) is 2.04. The predicted molar refractivity (Wildman–Crippen MR) is 47.4 cm³/mol. The summed E-state index contributed by atoms with van der Waals surface area (Å²) in [5, 5.41) is 3.18. The summed E-state index contributed by atoms with van der Waals surface area (Å²) < 4.78 is 5.16. The van der Waals surface area contributed by atoms with Gasteiger partial charge >= 0.3 is 0 Å². The second kappa shape index (κ2) is 7.59. The monoisotopic (exact) mass is 155 g/mol. The molecule has 0 aromatic heterocycles. The molecule has 1 unspecified atom stereocenters. The van der Waals surface area contributed by atoms with Crippen molar-refractivity contribution in [2.24, 2.45) is 0 Å². The fraction of sp³-hybridized carbons (Fsp3) is 0.778. The Balaban J connectivity index is 2.97. The maximum atomic E-state index is 5.17. The van der Waals surface area contributed by atoms with E-state index in [1.165, 1.54) is 0 Å². The molecule has 0 spiro atoms. The Morgan fingerprint density at radius 3 is 2.91 bits per heavy atom. The average molecular weight is 155 g/mol. The molecule has 64 valence electrons. The summed E-state index contributed by atoms with van der Waals surface area (Å²) in [6, 6.07) is 0.177. The largest absolute Gasteiger partial charge is 0.382 e. The zero-order valence-corrected chi connectivity index (χ0v) is 7.39. The van der Waals surface area contributed by atoms with Crippen molar-refractivity contribution in [3.8, 4) is 12.3 Å². The molecule has 0 aliphatic heterocycles. The van der Waals surface area contributed by atoms with Gasteiger partial charge in [-0.2, -0.15) is 0 Å². The number of terminal acetylenes is 1. The lowest BCUT2D eigenvalue weighted by Gasteiger charge is -2.06. The number of hydrogen-bond acceptors (Lipinski definition) is 2. The van der Waals surface area contributed by atoms with Crippen LogP contribution in [0.4, 0.5) is 0 Å². The molecule has 1 N–H and O–H groups in total. The number of rotatable bonds is 6. The number of ether oxygens (including phenoxy) is 1. The molecule has 0 fully saturated rings. The quantitative estimate of drug-likeness (QED) is 0.457. The molecule has 2 nitrogen and oxygen atoms in total. The van der Waals surface area contributed by atoms with Gasteiger partial charge in [-0.3, -0.25) is 0 Å². The minimum absolute atomic E-state index is 0.177. The van der Waals surface area contributed by atoms with E-state index >= 15 is 0 Å². The Morgan fingerprint density at radius 1 is 1.64 bits per heavy atom. The third kappa shape index (κ3) is 7.38. The molecule has 11 heavy (non-hydrogen) atoms. The van der Waals surface area contributed by atoms with Crippen LogP contribution >= 0.6 is 0 Å². The van der Waals surface area contributed by atoms with Crippen LogP contribution in [0, 0.1) is 12.3 Å². The maximum Gasteiger partial charge on any atom is 0.0658 e. The van der Waals surface area contributed by atoms with Gasteiger partial charge in [0.15, 0.2) is 0 Å². The Bertz CT molecular complexity index is 117. The fourth-order valence-electron chi connectivity index (χ4n) is 0.696. The first-order valence-corrected chi connectivity index (χ1v) is 4.08. The van der Waals surface area contributed by atoms with E-state index in [4.69, 9.17) is 11.2 Å². The standard InChI is InChI=1S/C9H17NO/c1-4-9(3)10-7-6-8-11-5-2/h1,9-10H,5-8H2,2-3H3. The van der Waals surface area contributed by atoms with E-state index in [-0.39, 0.29) is 6.04 Å². The summed E-state index contributed by atoms with van der Waals surface area (Å²) in [6.45, 7) is 6.52. The molecule has 1 atom stereocenters. The van der Waals surface area contributed by atoms with Gasteiger partial charge in [-0.15, -0.1) is 6.42 Å². The highest BCUT2D eigenvalue weighted by Crippen LogP contribution is 1.82. The molecular formula is C9H17NO. The van der Waals surface area contributed by atoms with Crippen LogP contribution in [0.15, 0.2) is 0 Å². The van der Waals surface area contributed by atoms with Gasteiger partial charge in [0, 0.05) is 13.2 Å². The van der Waals surface area contributed by atoms with Crippen LogP contribution in [-0.2, 0) is 4.74 Å². The molecule has 0 bridgehead atoms. The molecule has 0 saturated heterocycles. The van der Waals surface area contributed by atoms with Crippen molar-refractivity contribution in [1.29, 1.82) is 0 Å². The van der Waals surface area contributed by atoms with Gasteiger partial charge in [-0.1, -0.05) is 5.92 Å². The third-order valence-electron chi connectivity index (χ3n) is 1.37. The van der Waals surface area contributed by atoms with E-state index in [9.17, 15) is 0 Å². The molecule has 2 heteroatoms. The van der Waals surface area contributed by atoms with Crippen LogP contribution in [0.25, 0.3) is 0 Å². The molecule has 0 heterocycles. The van der Waals surface area contributed by atoms with Crippen molar-refractivity contribution in [1.82, 2.24) is 5.32 Å². The molecular weight excluding hydrogens is 138 g/mol. The maximum absolute atomic E-state index is 5.17. The summed E-state index contributed by atoms with van der Waals surface area (Å²) in [4.78, 5) is 0. The first-order valence-electron chi connectivity index (χ1n) is 4.08. The summed E-state index contributed by atoms with van der Waals surface area (Å²) in [5.41, 5.74) is 0. The smallest absolute Gasteiger partial charge is 0.0658 e. The van der Waals surface area contributed by atoms with Gasteiger partial charge in [-0.05, 0) is 26.8 Å². The summed E-state index contributed by atoms with van der Waals surface area (Å²) in [6.07, 6.45) is 6.20. The second-order valence-electron chi connectivity index (χ2n) is 2.39. The fourth-order valence-corrected chi connectivity index (χ4v) is 0.696. The Hall–Kier alpha value is -0.520. The van der Waals surface area contributed by atoms with Crippen molar-refractivity contribution in [3.63, 3.8) is 0 Å². The van der Waals surface area contributed by atoms with Crippen LogP contribution in [0.2, 0.25) is 0 Å². The molecule has 0 rings (SSSR count). The lowest BCUT2D eigenvalue weighted by molar-refractivity contribution is 0.144. The highest BCUT2D eigenvalue weighted by atomic mass is 16.5. The molecule has 0 aliphatic rings. The van der Waals surface area contributed by atoms with Gasteiger partial charge in [0.05, 0.1) is 6.04 Å². The van der Waals surface area contributed by atoms with E-state index in [0.29, 0.717) is 0 Å². The first kappa shape index (κ1) is 10.5. The summed E-state index contributed by atoms with van der Waals surface area (Å²) >= 11 is 0. The van der Waals surface area contributed by atoms with Crippen LogP contribution in [0.3, 0.4) is 0 Å². The SMILES string of the molecule is C#CC(C)NCCCOCC. The second-order valence-corrected chi connectivity index (χ2v) is 2.39. The first-order chi connectivity index (χ1) is 5.31. The van der Waals surface area contributed by atoms with Crippen molar-refractivity contribution in [3.05, 3.63) is 0 Å². The highest BCUT2D eigenvalue weighted by Gasteiger charge is 1.92. The lowest BCUT2D eigenvalue weighted by Crippen LogP contribution is -2.25. The summed E-state index contributed by atoms with van der Waals surface area (Å²) in [7, 11) is 0. The van der Waals surface area contributed by atoms with Gasteiger partial charge in [-0.25, -0.2) is 0 Å². The molecule has 0 saturated carbocycles. The van der Waals surface area contributed by atoms with Crippen LogP contribution < -0.4 is 5.32 Å². The highest BCUT2D eigenvalue weighted by molar-refractivity contribution is 4.95. The predicted octanol–water partition coefficient (Wildman–Crippen LogP) is 1.02. The van der Waals surface area contributed by atoms with Crippen LogP contribution in [0.1, 0.15) is 20.3 Å². The van der Waals surface area contributed by atoms with Crippen molar-refractivity contribution < 1.29 is 4.74 Å². The van der Waals surface area contributed by atoms with E-state index in [2.05, 4.69) is 11.2 Å². The van der Waals surface area contributed by atoms with Crippen LogP contribution in [0.5, 0.6) is 0 Å². The molecule has 0 radical (unpaired) electrons. The van der Waals surface area contributed by atoms with E-state index in [1.54, 1.807) is 0 Å². The molecule has 0 aromatic carbocycles. The minimum Gasteiger partial charge on any atom is -0.382 e. The van der Waals surface area contributed by atoms with Crippen LogP contribution in [-0.4, -0.2) is 25.8 Å². The Morgan fingerprint density at radius 2 is 2.36 bits per heavy atom. The lowest BCUT2D eigenvalue weighted by atomic mass is 10.3. The Kier molecular flexibility index (Phi) is 7.23. The van der Waals surface area contributed by atoms with E-state index in [0.717, 1.165) is 26.2 Å². The van der Waals surface area contributed by atoms with Crippen molar-refractivity contribution in [2.45, 2.75) is 26.3 Å². The summed E-state index contributed by atoms with van der Waals surface area (Å²) in [5.74, 6) is 2.60. The third-order valence-corrected chi connectivity index (χ3v) is 1.37. The normalized spacial score (nSPS) is 12.5. The van der Waals surface area contributed by atoms with Crippen molar-refractivity contribution in [2.75, 3.05) is 19.8 Å². The van der Waals surface area contributed by atoms with Crippen molar-refractivity contribution >= 4 is 0 Å². The topological polar surface area (TPSA) is 21.3 Å². The molecule has 0 aliphatic carbocycles. The van der Waals surface area contributed by atoms with Gasteiger partial charge < -0.3 is 10.1 Å². The van der Waals surface area contributed by atoms with Gasteiger partial charge in [0.1, 0.15) is 0 Å². The zero-order valence-electron chi connectivity index (χ0n) is 7.39. The molecule has 0 amide bonds.